The summed E-state index contributed by atoms with van der Waals surface area (Å²) in [6.45, 7) is 3.41. The average Bonchev–Trinajstić information content (AvgIpc) is 3.02. The van der Waals surface area contributed by atoms with E-state index in [9.17, 15) is 13.2 Å². The molecule has 0 saturated heterocycles. The first-order valence-corrected chi connectivity index (χ1v) is 6.80. The number of tetrazole rings is 1. The van der Waals surface area contributed by atoms with E-state index < -0.39 is 12.0 Å². The minimum atomic E-state index is -4.64. The van der Waals surface area contributed by atoms with Crippen LogP contribution >= 0.6 is 11.8 Å². The lowest BCUT2D eigenvalue weighted by molar-refractivity contribution is -0.146. The highest BCUT2D eigenvalue weighted by Gasteiger charge is 2.38. The zero-order valence-corrected chi connectivity index (χ0v) is 12.4. The molecule has 3 heterocycles. The number of halogens is 3. The van der Waals surface area contributed by atoms with Crippen LogP contribution in [0.15, 0.2) is 10.2 Å². The van der Waals surface area contributed by atoms with Crippen LogP contribution in [0.5, 0.6) is 0 Å². The van der Waals surface area contributed by atoms with Crippen LogP contribution in [0.3, 0.4) is 0 Å². The Kier molecular flexibility index (Phi) is 3.27. The maximum Gasteiger partial charge on any atom is 0.453 e. The molecule has 3 aromatic heterocycles. The Morgan fingerprint density at radius 3 is 2.36 bits per heavy atom. The molecule has 12 heteroatoms. The molecule has 0 unspecified atom stereocenters. The van der Waals surface area contributed by atoms with Gasteiger partial charge in [0.15, 0.2) is 5.65 Å². The Morgan fingerprint density at radius 2 is 1.77 bits per heavy atom. The van der Waals surface area contributed by atoms with Gasteiger partial charge >= 0.3 is 6.18 Å². The van der Waals surface area contributed by atoms with Gasteiger partial charge < -0.3 is 0 Å². The minimum Gasteiger partial charge on any atom is -0.223 e. The Hall–Kier alpha value is -2.24. The zero-order chi connectivity index (χ0) is 16.1. The maximum absolute atomic E-state index is 12.9. The van der Waals surface area contributed by atoms with E-state index in [1.165, 1.54) is 4.68 Å². The number of fused-ring (bicyclic) bond motifs is 1. The molecule has 0 aromatic carbocycles. The predicted molar refractivity (Wildman–Crippen MR) is 68.2 cm³/mol. The molecule has 0 atom stereocenters. The summed E-state index contributed by atoms with van der Waals surface area (Å²) in [6.07, 6.45) is -4.64. The van der Waals surface area contributed by atoms with Crippen molar-refractivity contribution in [1.82, 2.24) is 40.0 Å². The van der Waals surface area contributed by atoms with E-state index in [0.29, 0.717) is 25.8 Å². The fourth-order valence-corrected chi connectivity index (χ4v) is 2.62. The van der Waals surface area contributed by atoms with Gasteiger partial charge in [-0.3, -0.25) is 0 Å². The molecule has 3 aromatic rings. The van der Waals surface area contributed by atoms with Gasteiger partial charge in [-0.25, -0.2) is 4.68 Å². The summed E-state index contributed by atoms with van der Waals surface area (Å²) >= 11 is 1.07. The molecule has 0 amide bonds. The number of nitrogens with zero attached hydrogens (tertiary/aromatic N) is 8. The third-order valence-electron chi connectivity index (χ3n) is 3.07. The van der Waals surface area contributed by atoms with Crippen LogP contribution in [-0.2, 0) is 13.2 Å². The van der Waals surface area contributed by atoms with Crippen molar-refractivity contribution in [3.05, 3.63) is 17.0 Å². The lowest BCUT2D eigenvalue weighted by Gasteiger charge is -2.09. The minimum absolute atomic E-state index is 0.0743. The molecule has 0 radical (unpaired) electrons. The number of rotatable bonds is 2. The van der Waals surface area contributed by atoms with Crippen molar-refractivity contribution < 1.29 is 13.2 Å². The van der Waals surface area contributed by atoms with E-state index in [0.717, 1.165) is 11.8 Å². The van der Waals surface area contributed by atoms with Crippen molar-refractivity contribution in [1.29, 1.82) is 0 Å². The van der Waals surface area contributed by atoms with E-state index >= 15 is 0 Å². The monoisotopic (exact) mass is 330 g/mol. The second-order valence-electron chi connectivity index (χ2n) is 4.50. The highest BCUT2D eigenvalue weighted by molar-refractivity contribution is 7.99. The van der Waals surface area contributed by atoms with Crippen LogP contribution in [0.25, 0.3) is 5.65 Å². The van der Waals surface area contributed by atoms with E-state index in [1.54, 1.807) is 20.9 Å². The van der Waals surface area contributed by atoms with E-state index in [4.69, 9.17) is 0 Å². The summed E-state index contributed by atoms with van der Waals surface area (Å²) in [4.78, 5) is 0. The standard InChI is InChI=1S/C10H9F3N8S/c1-4-5(2)7(22-9-16-18-19-20(9)3)17-21-6(4)14-15-8(21)10(11,12)13/h1-3H3. The van der Waals surface area contributed by atoms with E-state index in [1.807, 2.05) is 0 Å². The quantitative estimate of drug-likeness (QED) is 0.702. The summed E-state index contributed by atoms with van der Waals surface area (Å²) in [5.41, 5.74) is 1.34. The second-order valence-corrected chi connectivity index (χ2v) is 5.46. The Labute approximate surface area is 125 Å². The first kappa shape index (κ1) is 14.7. The molecule has 0 aliphatic rings. The van der Waals surface area contributed by atoms with Gasteiger partial charge in [-0.1, -0.05) is 0 Å². The molecule has 0 fully saturated rings. The van der Waals surface area contributed by atoms with Crippen molar-refractivity contribution >= 4 is 17.4 Å². The van der Waals surface area contributed by atoms with Crippen LogP contribution in [0.4, 0.5) is 13.2 Å². The summed E-state index contributed by atoms with van der Waals surface area (Å²) in [6, 6.07) is 0. The maximum atomic E-state index is 12.9. The SMILES string of the molecule is Cc1c(Sc2nnnn2C)nn2c(C(F)(F)F)nnc2c1C. The number of aromatic nitrogens is 8. The van der Waals surface area contributed by atoms with Crippen LogP contribution < -0.4 is 0 Å². The molecule has 116 valence electrons. The number of hydrogen-bond donors (Lipinski definition) is 0. The van der Waals surface area contributed by atoms with Crippen LogP contribution in [0.1, 0.15) is 17.0 Å². The van der Waals surface area contributed by atoms with Gasteiger partial charge in [0.1, 0.15) is 5.03 Å². The molecule has 0 aliphatic heterocycles. The van der Waals surface area contributed by atoms with Crippen molar-refractivity contribution in [3.63, 3.8) is 0 Å². The normalized spacial score (nSPS) is 12.3. The van der Waals surface area contributed by atoms with Gasteiger partial charge in [0, 0.05) is 12.6 Å². The van der Waals surface area contributed by atoms with Crippen molar-refractivity contribution in [2.45, 2.75) is 30.2 Å². The number of aryl methyl sites for hydroxylation is 2. The third kappa shape index (κ3) is 2.28. The van der Waals surface area contributed by atoms with Crippen molar-refractivity contribution in [2.75, 3.05) is 0 Å². The fraction of sp³-hybridized carbons (Fsp3) is 0.400. The molecule has 3 rings (SSSR count). The Morgan fingerprint density at radius 1 is 1.05 bits per heavy atom. The fourth-order valence-electron chi connectivity index (χ4n) is 1.77. The van der Waals surface area contributed by atoms with Gasteiger partial charge in [-0.2, -0.15) is 22.8 Å². The molecule has 8 nitrogen and oxygen atoms in total. The largest absolute Gasteiger partial charge is 0.453 e. The Balaban J connectivity index is 2.18. The number of alkyl halides is 3. The molecule has 0 N–H and O–H groups in total. The molecule has 22 heavy (non-hydrogen) atoms. The zero-order valence-electron chi connectivity index (χ0n) is 11.6. The molecular formula is C10H9F3N8S. The first-order valence-electron chi connectivity index (χ1n) is 5.99. The molecule has 0 aliphatic carbocycles. The predicted octanol–water partition coefficient (Wildman–Crippen LogP) is 1.43. The van der Waals surface area contributed by atoms with Gasteiger partial charge in [-0.05, 0) is 41.6 Å². The summed E-state index contributed by atoms with van der Waals surface area (Å²) in [5.74, 6) is -1.16. The molecular weight excluding hydrogens is 321 g/mol. The van der Waals surface area contributed by atoms with Crippen LogP contribution in [0, 0.1) is 13.8 Å². The second kappa shape index (κ2) is 4.90. The molecule has 0 saturated carbocycles. The van der Waals surface area contributed by atoms with E-state index in [2.05, 4.69) is 30.8 Å². The molecule has 0 bridgehead atoms. The van der Waals surface area contributed by atoms with Gasteiger partial charge in [0.25, 0.3) is 5.82 Å². The third-order valence-corrected chi connectivity index (χ3v) is 4.18. The summed E-state index contributed by atoms with van der Waals surface area (Å²) in [7, 11) is 1.63. The van der Waals surface area contributed by atoms with Gasteiger partial charge in [0.2, 0.25) is 5.16 Å². The average molecular weight is 330 g/mol. The highest BCUT2D eigenvalue weighted by Crippen LogP contribution is 2.32. The number of hydrogen-bond acceptors (Lipinski definition) is 7. The lowest BCUT2D eigenvalue weighted by Crippen LogP contribution is -2.13. The summed E-state index contributed by atoms with van der Waals surface area (Å²) < 4.78 is 41.0. The van der Waals surface area contributed by atoms with Crippen LogP contribution in [0.2, 0.25) is 0 Å². The van der Waals surface area contributed by atoms with Crippen LogP contribution in [-0.4, -0.2) is 40.0 Å². The Bertz CT molecular complexity index is 852. The topological polar surface area (TPSA) is 86.7 Å². The van der Waals surface area contributed by atoms with Crippen molar-refractivity contribution in [3.8, 4) is 0 Å². The highest BCUT2D eigenvalue weighted by atomic mass is 32.2. The first-order chi connectivity index (χ1) is 10.3. The smallest absolute Gasteiger partial charge is 0.223 e. The lowest BCUT2D eigenvalue weighted by atomic mass is 10.2. The summed E-state index contributed by atoms with van der Waals surface area (Å²) in [5, 5.41) is 22.5. The van der Waals surface area contributed by atoms with Gasteiger partial charge in [0.05, 0.1) is 0 Å². The van der Waals surface area contributed by atoms with Gasteiger partial charge in [-0.15, -0.1) is 15.3 Å². The molecule has 0 spiro atoms. The van der Waals surface area contributed by atoms with E-state index in [-0.39, 0.29) is 5.65 Å². The van der Waals surface area contributed by atoms with Crippen molar-refractivity contribution in [2.24, 2.45) is 7.05 Å².